The molecule has 2 aromatic rings. The molecule has 0 aliphatic rings. The molecule has 0 atom stereocenters. The van der Waals surface area contributed by atoms with Crippen LogP contribution in [0.15, 0.2) is 33.5 Å². The lowest BCUT2D eigenvalue weighted by molar-refractivity contribution is 0.0974. The smallest absolute Gasteiger partial charge is 0.284 e. The van der Waals surface area contributed by atoms with Crippen LogP contribution in [0.4, 0.5) is 0 Å². The van der Waals surface area contributed by atoms with E-state index in [1.807, 2.05) is 13.0 Å². The summed E-state index contributed by atoms with van der Waals surface area (Å²) in [5.41, 5.74) is 6.26. The number of hydrogen-bond acceptors (Lipinski definition) is 3. The van der Waals surface area contributed by atoms with Crippen molar-refractivity contribution in [2.24, 2.45) is 5.73 Å². The summed E-state index contributed by atoms with van der Waals surface area (Å²) in [4.78, 5) is 22.6. The van der Waals surface area contributed by atoms with E-state index in [0.29, 0.717) is 11.0 Å². The van der Waals surface area contributed by atoms with Gasteiger partial charge in [-0.25, -0.2) is 0 Å². The molecular weight excluding hydrogens is 206 g/mol. The van der Waals surface area contributed by atoms with E-state index >= 15 is 0 Å². The van der Waals surface area contributed by atoms with Crippen LogP contribution in [0.25, 0.3) is 11.0 Å². The lowest BCUT2D eigenvalue weighted by atomic mass is 10.1. The molecule has 16 heavy (non-hydrogen) atoms. The van der Waals surface area contributed by atoms with Crippen molar-refractivity contribution in [3.63, 3.8) is 0 Å². The molecule has 0 saturated heterocycles. The van der Waals surface area contributed by atoms with Crippen LogP contribution in [0.3, 0.4) is 0 Å². The lowest BCUT2D eigenvalue weighted by Crippen LogP contribution is -2.14. The molecule has 0 aliphatic heterocycles. The molecule has 4 nitrogen and oxygen atoms in total. The molecule has 1 aromatic carbocycles. The third-order valence-electron chi connectivity index (χ3n) is 2.44. The monoisotopic (exact) mass is 217 g/mol. The minimum Gasteiger partial charge on any atom is -0.451 e. The third kappa shape index (κ3) is 1.69. The molecule has 1 aromatic heterocycles. The molecule has 0 aliphatic carbocycles. The predicted octanol–water partition coefficient (Wildman–Crippen LogP) is 1.45. The zero-order valence-electron chi connectivity index (χ0n) is 8.82. The Morgan fingerprint density at radius 3 is 2.75 bits per heavy atom. The standard InChI is InChI=1S/C12H11NO3/c1-2-7-3-4-8-9(14)6-11(12(13)15)16-10(8)5-7/h3-6H,2H2,1H3,(H2,13,15). The average molecular weight is 217 g/mol. The van der Waals surface area contributed by atoms with Gasteiger partial charge in [0.1, 0.15) is 5.58 Å². The second-order valence-corrected chi connectivity index (χ2v) is 3.52. The van der Waals surface area contributed by atoms with Gasteiger partial charge in [0.2, 0.25) is 0 Å². The van der Waals surface area contributed by atoms with Gasteiger partial charge in [-0.3, -0.25) is 9.59 Å². The van der Waals surface area contributed by atoms with Crippen LogP contribution in [-0.4, -0.2) is 5.91 Å². The molecule has 1 amide bonds. The van der Waals surface area contributed by atoms with Crippen molar-refractivity contribution in [2.45, 2.75) is 13.3 Å². The van der Waals surface area contributed by atoms with Crippen molar-refractivity contribution < 1.29 is 9.21 Å². The summed E-state index contributed by atoms with van der Waals surface area (Å²) in [7, 11) is 0. The van der Waals surface area contributed by atoms with Crippen LogP contribution in [0.5, 0.6) is 0 Å². The Morgan fingerprint density at radius 2 is 2.12 bits per heavy atom. The number of amides is 1. The Labute approximate surface area is 91.7 Å². The topological polar surface area (TPSA) is 73.3 Å². The van der Waals surface area contributed by atoms with Gasteiger partial charge in [-0.1, -0.05) is 13.0 Å². The SMILES string of the molecule is CCc1ccc2c(=O)cc(C(N)=O)oc2c1. The van der Waals surface area contributed by atoms with E-state index in [-0.39, 0.29) is 11.2 Å². The fraction of sp³-hybridized carbons (Fsp3) is 0.167. The summed E-state index contributed by atoms with van der Waals surface area (Å²) >= 11 is 0. The number of nitrogens with two attached hydrogens (primary N) is 1. The van der Waals surface area contributed by atoms with E-state index in [0.717, 1.165) is 18.1 Å². The molecule has 0 bridgehead atoms. The molecular formula is C12H11NO3. The number of carbonyl (C=O) groups excluding carboxylic acids is 1. The van der Waals surface area contributed by atoms with Crippen molar-refractivity contribution in [3.8, 4) is 0 Å². The first-order valence-electron chi connectivity index (χ1n) is 4.98. The van der Waals surface area contributed by atoms with Gasteiger partial charge < -0.3 is 10.2 Å². The van der Waals surface area contributed by atoms with E-state index < -0.39 is 5.91 Å². The highest BCUT2D eigenvalue weighted by Gasteiger charge is 2.08. The molecule has 4 heteroatoms. The Morgan fingerprint density at radius 1 is 1.38 bits per heavy atom. The van der Waals surface area contributed by atoms with Gasteiger partial charge in [0.15, 0.2) is 11.2 Å². The zero-order chi connectivity index (χ0) is 11.7. The van der Waals surface area contributed by atoms with Crippen LogP contribution in [-0.2, 0) is 6.42 Å². The summed E-state index contributed by atoms with van der Waals surface area (Å²) < 4.78 is 5.27. The van der Waals surface area contributed by atoms with Crippen LogP contribution < -0.4 is 11.2 Å². The number of rotatable bonds is 2. The van der Waals surface area contributed by atoms with Gasteiger partial charge in [-0.2, -0.15) is 0 Å². The van der Waals surface area contributed by atoms with Crippen molar-refractivity contribution in [2.75, 3.05) is 0 Å². The number of fused-ring (bicyclic) bond motifs is 1. The Kier molecular flexibility index (Phi) is 2.48. The maximum Gasteiger partial charge on any atom is 0.284 e. The van der Waals surface area contributed by atoms with Crippen molar-refractivity contribution in [3.05, 3.63) is 45.8 Å². The second kappa shape index (κ2) is 3.81. The Hall–Kier alpha value is -2.10. The summed E-state index contributed by atoms with van der Waals surface area (Å²) in [6.45, 7) is 2.00. The van der Waals surface area contributed by atoms with Gasteiger partial charge in [-0.15, -0.1) is 0 Å². The summed E-state index contributed by atoms with van der Waals surface area (Å²) in [5, 5.41) is 0.460. The Balaban J connectivity index is 2.78. The highest BCUT2D eigenvalue weighted by atomic mass is 16.3. The number of benzene rings is 1. The first kappa shape index (κ1) is 10.4. The number of primary amides is 1. The largest absolute Gasteiger partial charge is 0.451 e. The van der Waals surface area contributed by atoms with Gasteiger partial charge in [0.05, 0.1) is 5.39 Å². The maximum absolute atomic E-state index is 11.6. The molecule has 1 heterocycles. The first-order valence-corrected chi connectivity index (χ1v) is 4.98. The molecule has 0 radical (unpaired) electrons. The first-order chi connectivity index (χ1) is 7.61. The summed E-state index contributed by atoms with van der Waals surface area (Å²) in [5.74, 6) is -0.841. The third-order valence-corrected chi connectivity index (χ3v) is 2.44. The van der Waals surface area contributed by atoms with Crippen molar-refractivity contribution in [1.82, 2.24) is 0 Å². The van der Waals surface area contributed by atoms with E-state index in [4.69, 9.17) is 10.2 Å². The fourth-order valence-electron chi connectivity index (χ4n) is 1.54. The lowest BCUT2D eigenvalue weighted by Gasteiger charge is -2.01. The average Bonchev–Trinajstić information content (AvgIpc) is 2.28. The molecule has 0 saturated carbocycles. The summed E-state index contributed by atoms with van der Waals surface area (Å²) in [6, 6.07) is 6.44. The van der Waals surface area contributed by atoms with Gasteiger partial charge in [0.25, 0.3) is 5.91 Å². The van der Waals surface area contributed by atoms with E-state index in [9.17, 15) is 9.59 Å². The number of hydrogen-bond donors (Lipinski definition) is 1. The minimum atomic E-state index is -0.735. The van der Waals surface area contributed by atoms with Crippen molar-refractivity contribution in [1.29, 1.82) is 0 Å². The zero-order valence-corrected chi connectivity index (χ0v) is 8.82. The van der Waals surface area contributed by atoms with Gasteiger partial charge in [0, 0.05) is 6.07 Å². The van der Waals surface area contributed by atoms with Crippen molar-refractivity contribution >= 4 is 16.9 Å². The van der Waals surface area contributed by atoms with Crippen LogP contribution in [0, 0.1) is 0 Å². The van der Waals surface area contributed by atoms with E-state index in [2.05, 4.69) is 0 Å². The fourth-order valence-corrected chi connectivity index (χ4v) is 1.54. The van der Waals surface area contributed by atoms with Gasteiger partial charge in [-0.05, 0) is 24.1 Å². The molecule has 0 unspecified atom stereocenters. The Bertz CT molecular complexity index is 613. The number of aryl methyl sites for hydroxylation is 1. The maximum atomic E-state index is 11.6. The molecule has 2 rings (SSSR count). The number of carbonyl (C=O) groups is 1. The molecule has 0 spiro atoms. The predicted molar refractivity (Wildman–Crippen MR) is 60.4 cm³/mol. The van der Waals surface area contributed by atoms with Crippen LogP contribution in [0.2, 0.25) is 0 Å². The second-order valence-electron chi connectivity index (χ2n) is 3.52. The van der Waals surface area contributed by atoms with Crippen LogP contribution >= 0.6 is 0 Å². The summed E-state index contributed by atoms with van der Waals surface area (Å²) in [6.07, 6.45) is 0.834. The highest BCUT2D eigenvalue weighted by molar-refractivity contribution is 5.91. The quantitative estimate of drug-likeness (QED) is 0.827. The van der Waals surface area contributed by atoms with Crippen LogP contribution in [0.1, 0.15) is 23.0 Å². The minimum absolute atomic E-state index is 0.106. The molecule has 82 valence electrons. The van der Waals surface area contributed by atoms with E-state index in [1.54, 1.807) is 12.1 Å². The normalized spacial score (nSPS) is 10.6. The highest BCUT2D eigenvalue weighted by Crippen LogP contribution is 2.14. The molecule has 2 N–H and O–H groups in total. The van der Waals surface area contributed by atoms with E-state index in [1.165, 1.54) is 0 Å². The molecule has 0 fully saturated rings. The van der Waals surface area contributed by atoms with Gasteiger partial charge >= 0.3 is 0 Å².